The Morgan fingerprint density at radius 3 is 2.35 bits per heavy atom. The molecular formula is C13H15F4NO2. The highest BCUT2D eigenvalue weighted by molar-refractivity contribution is 5.97. The average Bonchev–Trinajstić information content (AvgIpc) is 2.31. The van der Waals surface area contributed by atoms with E-state index < -0.39 is 18.3 Å². The van der Waals surface area contributed by atoms with Crippen molar-refractivity contribution in [3.8, 4) is 5.75 Å². The van der Waals surface area contributed by atoms with Crippen LogP contribution in [0, 0.1) is 6.92 Å². The molecule has 1 aromatic rings. The lowest BCUT2D eigenvalue weighted by atomic mass is 10.1. The van der Waals surface area contributed by atoms with Gasteiger partial charge < -0.3 is 10.1 Å². The van der Waals surface area contributed by atoms with Crippen molar-refractivity contribution >= 4 is 11.6 Å². The number of benzene rings is 1. The number of rotatable bonds is 5. The van der Waals surface area contributed by atoms with Crippen LogP contribution in [0.3, 0.4) is 0 Å². The van der Waals surface area contributed by atoms with E-state index in [9.17, 15) is 22.4 Å². The van der Waals surface area contributed by atoms with Crippen molar-refractivity contribution in [1.29, 1.82) is 0 Å². The minimum Gasteiger partial charge on any atom is -0.491 e. The van der Waals surface area contributed by atoms with Gasteiger partial charge in [0.15, 0.2) is 0 Å². The normalized spacial score (nSPS) is 11.8. The van der Waals surface area contributed by atoms with Crippen LogP contribution >= 0.6 is 0 Å². The Balaban J connectivity index is 2.86. The lowest BCUT2D eigenvalue weighted by Crippen LogP contribution is -2.41. The number of hydrogen-bond acceptors (Lipinski definition) is 2. The molecule has 1 N–H and O–H groups in total. The zero-order chi connectivity index (χ0) is 15.5. The van der Waals surface area contributed by atoms with E-state index in [1.807, 2.05) is 13.8 Å². The van der Waals surface area contributed by atoms with Gasteiger partial charge in [0.05, 0.1) is 6.10 Å². The summed E-state index contributed by atoms with van der Waals surface area (Å²) >= 11 is 0. The van der Waals surface area contributed by atoms with E-state index in [1.54, 1.807) is 12.2 Å². The van der Waals surface area contributed by atoms with Gasteiger partial charge in [0.25, 0.3) is 0 Å². The molecule has 0 saturated carbocycles. The summed E-state index contributed by atoms with van der Waals surface area (Å²) in [5.41, 5.74) is 0.466. The molecule has 0 radical (unpaired) electrons. The molecule has 1 rings (SSSR count). The van der Waals surface area contributed by atoms with E-state index in [2.05, 4.69) is 0 Å². The van der Waals surface area contributed by atoms with Crippen molar-refractivity contribution in [2.45, 2.75) is 39.2 Å². The summed E-state index contributed by atoms with van der Waals surface area (Å²) in [6, 6.07) is 4.31. The molecule has 0 heterocycles. The third kappa shape index (κ3) is 3.85. The standard InChI is InChI=1S/C13H15F4NO2/c1-7(2)20-9-4-5-10(8(3)6-9)18-12(19)13(16,17)11(14)15/h4-7,11H,1-3H3,(H,18,19). The number of anilines is 1. The zero-order valence-electron chi connectivity index (χ0n) is 11.2. The summed E-state index contributed by atoms with van der Waals surface area (Å²) in [5, 5.41) is 1.79. The SMILES string of the molecule is Cc1cc(OC(C)C)ccc1NC(=O)C(F)(F)C(F)F. The van der Waals surface area contributed by atoms with Crippen LogP contribution in [0.25, 0.3) is 0 Å². The summed E-state index contributed by atoms with van der Waals surface area (Å²) in [5.74, 6) is -6.26. The second-order valence-corrected chi connectivity index (χ2v) is 4.52. The van der Waals surface area contributed by atoms with Crippen molar-refractivity contribution in [2.24, 2.45) is 0 Å². The maximum atomic E-state index is 12.8. The predicted octanol–water partition coefficient (Wildman–Crippen LogP) is 3.62. The monoisotopic (exact) mass is 293 g/mol. The summed E-state index contributed by atoms with van der Waals surface area (Å²) in [6.45, 7) is 5.17. The Bertz CT molecular complexity index is 489. The number of nitrogens with one attached hydrogen (secondary N) is 1. The molecule has 7 heteroatoms. The molecule has 0 bridgehead atoms. The lowest BCUT2D eigenvalue weighted by Gasteiger charge is -2.17. The number of halogens is 4. The van der Waals surface area contributed by atoms with Gasteiger partial charge in [0.2, 0.25) is 0 Å². The Hall–Kier alpha value is -1.79. The first-order valence-electron chi connectivity index (χ1n) is 5.89. The van der Waals surface area contributed by atoms with Crippen LogP contribution in [-0.2, 0) is 4.79 Å². The van der Waals surface area contributed by atoms with Crippen LogP contribution in [-0.4, -0.2) is 24.4 Å². The van der Waals surface area contributed by atoms with E-state index in [1.165, 1.54) is 18.2 Å². The van der Waals surface area contributed by atoms with Crippen LogP contribution in [0.4, 0.5) is 23.2 Å². The fraction of sp³-hybridized carbons (Fsp3) is 0.462. The molecule has 112 valence electrons. The van der Waals surface area contributed by atoms with Crippen molar-refractivity contribution in [1.82, 2.24) is 0 Å². The van der Waals surface area contributed by atoms with E-state index in [0.29, 0.717) is 11.3 Å². The van der Waals surface area contributed by atoms with Crippen molar-refractivity contribution < 1.29 is 27.1 Å². The number of aryl methyl sites for hydroxylation is 1. The number of amides is 1. The molecule has 0 fully saturated rings. The highest BCUT2D eigenvalue weighted by atomic mass is 19.3. The van der Waals surface area contributed by atoms with E-state index in [0.717, 1.165) is 0 Å². The summed E-state index contributed by atoms with van der Waals surface area (Å²) in [4.78, 5) is 11.1. The van der Waals surface area contributed by atoms with Crippen molar-refractivity contribution in [3.05, 3.63) is 23.8 Å². The third-order valence-corrected chi connectivity index (χ3v) is 2.39. The Morgan fingerprint density at radius 2 is 1.90 bits per heavy atom. The smallest absolute Gasteiger partial charge is 0.383 e. The Kier molecular flexibility index (Phi) is 4.97. The van der Waals surface area contributed by atoms with E-state index in [4.69, 9.17) is 4.74 Å². The van der Waals surface area contributed by atoms with Gasteiger partial charge in [-0.2, -0.15) is 8.78 Å². The first-order valence-corrected chi connectivity index (χ1v) is 5.89. The zero-order valence-corrected chi connectivity index (χ0v) is 11.2. The number of carbonyl (C=O) groups is 1. The van der Waals surface area contributed by atoms with Gasteiger partial charge in [-0.25, -0.2) is 8.78 Å². The molecule has 0 aliphatic heterocycles. The highest BCUT2D eigenvalue weighted by Gasteiger charge is 2.49. The minimum absolute atomic E-state index is 0.0337. The maximum absolute atomic E-state index is 12.8. The molecule has 0 aliphatic rings. The fourth-order valence-corrected chi connectivity index (χ4v) is 1.43. The molecule has 3 nitrogen and oxygen atoms in total. The average molecular weight is 293 g/mol. The molecule has 0 spiro atoms. The van der Waals surface area contributed by atoms with Gasteiger partial charge >= 0.3 is 18.3 Å². The van der Waals surface area contributed by atoms with Crippen LogP contribution in [0.15, 0.2) is 18.2 Å². The fourth-order valence-electron chi connectivity index (χ4n) is 1.43. The largest absolute Gasteiger partial charge is 0.491 e. The number of ether oxygens (including phenoxy) is 1. The number of hydrogen-bond donors (Lipinski definition) is 1. The third-order valence-electron chi connectivity index (χ3n) is 2.39. The van der Waals surface area contributed by atoms with Gasteiger partial charge in [-0.05, 0) is 44.5 Å². The van der Waals surface area contributed by atoms with Crippen LogP contribution in [0.2, 0.25) is 0 Å². The minimum atomic E-state index is -4.72. The Morgan fingerprint density at radius 1 is 1.30 bits per heavy atom. The molecular weight excluding hydrogens is 278 g/mol. The second kappa shape index (κ2) is 6.11. The summed E-state index contributed by atoms with van der Waals surface area (Å²) in [7, 11) is 0. The number of alkyl halides is 4. The molecule has 0 aromatic heterocycles. The first-order chi connectivity index (χ1) is 9.14. The van der Waals surface area contributed by atoms with E-state index in [-0.39, 0.29) is 11.8 Å². The molecule has 20 heavy (non-hydrogen) atoms. The van der Waals surface area contributed by atoms with Crippen molar-refractivity contribution in [3.63, 3.8) is 0 Å². The Labute approximate surface area is 113 Å². The highest BCUT2D eigenvalue weighted by Crippen LogP contribution is 2.27. The van der Waals surface area contributed by atoms with Crippen molar-refractivity contribution in [2.75, 3.05) is 5.32 Å². The molecule has 1 amide bonds. The van der Waals surface area contributed by atoms with Gasteiger partial charge in [0.1, 0.15) is 5.75 Å². The maximum Gasteiger partial charge on any atom is 0.383 e. The summed E-state index contributed by atoms with van der Waals surface area (Å²) < 4.78 is 55.1. The molecule has 0 unspecified atom stereocenters. The van der Waals surface area contributed by atoms with Gasteiger partial charge in [-0.15, -0.1) is 0 Å². The number of carbonyl (C=O) groups excluding carboxylic acids is 1. The predicted molar refractivity (Wildman–Crippen MR) is 66.5 cm³/mol. The molecule has 0 aliphatic carbocycles. The first kappa shape index (κ1) is 16.3. The van der Waals surface area contributed by atoms with Crippen LogP contribution < -0.4 is 10.1 Å². The second-order valence-electron chi connectivity index (χ2n) is 4.52. The van der Waals surface area contributed by atoms with Gasteiger partial charge in [-0.1, -0.05) is 0 Å². The van der Waals surface area contributed by atoms with Gasteiger partial charge in [-0.3, -0.25) is 4.79 Å². The molecule has 0 atom stereocenters. The molecule has 1 aromatic carbocycles. The van der Waals surface area contributed by atoms with Crippen LogP contribution in [0.5, 0.6) is 5.75 Å². The summed E-state index contributed by atoms with van der Waals surface area (Å²) in [6.07, 6.45) is -4.12. The topological polar surface area (TPSA) is 38.3 Å². The quantitative estimate of drug-likeness (QED) is 0.842. The van der Waals surface area contributed by atoms with Gasteiger partial charge in [0, 0.05) is 5.69 Å². The lowest BCUT2D eigenvalue weighted by molar-refractivity contribution is -0.163. The van der Waals surface area contributed by atoms with E-state index >= 15 is 0 Å². The van der Waals surface area contributed by atoms with Crippen LogP contribution in [0.1, 0.15) is 19.4 Å². The molecule has 0 saturated heterocycles.